The molecule has 0 radical (unpaired) electrons. The molecule has 0 saturated carbocycles. The van der Waals surface area contributed by atoms with Crippen molar-refractivity contribution in [3.63, 3.8) is 0 Å². The zero-order valence-corrected chi connectivity index (χ0v) is 13.7. The van der Waals surface area contributed by atoms with Gasteiger partial charge in [-0.1, -0.05) is 44.4 Å². The predicted molar refractivity (Wildman–Crippen MR) is 87.1 cm³/mol. The molecule has 0 spiro atoms. The van der Waals surface area contributed by atoms with Crippen molar-refractivity contribution in [1.82, 2.24) is 0 Å². The Morgan fingerprint density at radius 3 is 2.52 bits per heavy atom. The molecular formula is C18H26O5. The monoisotopic (exact) mass is 322 g/mol. The van der Waals surface area contributed by atoms with E-state index < -0.39 is 12.1 Å². The summed E-state index contributed by atoms with van der Waals surface area (Å²) in [6, 6.07) is 8.56. The third-order valence-electron chi connectivity index (χ3n) is 3.42. The minimum Gasteiger partial charge on any atom is -0.466 e. The van der Waals surface area contributed by atoms with Gasteiger partial charge in [-0.25, -0.2) is 4.79 Å². The molecule has 0 aromatic heterocycles. The third-order valence-corrected chi connectivity index (χ3v) is 3.42. The van der Waals surface area contributed by atoms with E-state index in [0.717, 1.165) is 25.7 Å². The standard InChI is InChI=1S/C18H26O5/c1-2-3-4-8-13-22-17(20)12-11-16(14-19)23-18(21)15-9-6-5-7-10-15/h5-7,9-10,16,19H,2-4,8,11-14H2,1H3. The Balaban J connectivity index is 2.25. The average Bonchev–Trinajstić information content (AvgIpc) is 2.59. The Morgan fingerprint density at radius 1 is 1.13 bits per heavy atom. The number of unbranched alkanes of at least 4 members (excludes halogenated alkanes) is 3. The molecule has 5 nitrogen and oxygen atoms in total. The highest BCUT2D eigenvalue weighted by molar-refractivity contribution is 5.89. The van der Waals surface area contributed by atoms with Gasteiger partial charge in [0, 0.05) is 6.42 Å². The highest BCUT2D eigenvalue weighted by Crippen LogP contribution is 2.09. The van der Waals surface area contributed by atoms with Crippen LogP contribution in [0.15, 0.2) is 30.3 Å². The maximum absolute atomic E-state index is 11.9. The van der Waals surface area contributed by atoms with Gasteiger partial charge in [-0.2, -0.15) is 0 Å². The van der Waals surface area contributed by atoms with E-state index in [0.29, 0.717) is 12.2 Å². The fourth-order valence-corrected chi connectivity index (χ4v) is 2.05. The van der Waals surface area contributed by atoms with Crippen LogP contribution in [0, 0.1) is 0 Å². The van der Waals surface area contributed by atoms with E-state index in [9.17, 15) is 14.7 Å². The molecular weight excluding hydrogens is 296 g/mol. The molecule has 1 aromatic carbocycles. The van der Waals surface area contributed by atoms with E-state index in [1.54, 1.807) is 30.3 Å². The number of ether oxygens (including phenoxy) is 2. The van der Waals surface area contributed by atoms with Crippen LogP contribution in [0.5, 0.6) is 0 Å². The number of aliphatic hydroxyl groups excluding tert-OH is 1. The first kappa shape index (κ1) is 19.2. The van der Waals surface area contributed by atoms with Crippen LogP contribution in [0.1, 0.15) is 55.8 Å². The maximum Gasteiger partial charge on any atom is 0.338 e. The minimum absolute atomic E-state index is 0.126. The second-order valence-corrected chi connectivity index (χ2v) is 5.40. The Morgan fingerprint density at radius 2 is 1.87 bits per heavy atom. The van der Waals surface area contributed by atoms with Crippen molar-refractivity contribution < 1.29 is 24.2 Å². The van der Waals surface area contributed by atoms with Crippen molar-refractivity contribution in [2.75, 3.05) is 13.2 Å². The van der Waals surface area contributed by atoms with E-state index in [2.05, 4.69) is 6.92 Å². The summed E-state index contributed by atoms with van der Waals surface area (Å²) in [7, 11) is 0. The zero-order valence-electron chi connectivity index (χ0n) is 13.7. The van der Waals surface area contributed by atoms with Gasteiger partial charge < -0.3 is 14.6 Å². The van der Waals surface area contributed by atoms with Gasteiger partial charge in [-0.3, -0.25) is 4.79 Å². The van der Waals surface area contributed by atoms with Gasteiger partial charge in [0.05, 0.1) is 18.8 Å². The van der Waals surface area contributed by atoms with Crippen LogP contribution in [-0.4, -0.2) is 36.4 Å². The summed E-state index contributed by atoms with van der Waals surface area (Å²) in [6.45, 7) is 2.23. The summed E-state index contributed by atoms with van der Waals surface area (Å²) in [5.41, 5.74) is 0.421. The van der Waals surface area contributed by atoms with Gasteiger partial charge in [-0.15, -0.1) is 0 Å². The molecule has 1 unspecified atom stereocenters. The first-order valence-corrected chi connectivity index (χ1v) is 8.19. The van der Waals surface area contributed by atoms with Crippen LogP contribution >= 0.6 is 0 Å². The molecule has 0 fully saturated rings. The fourth-order valence-electron chi connectivity index (χ4n) is 2.05. The SMILES string of the molecule is CCCCCCOC(=O)CCC(CO)OC(=O)c1ccccc1. The van der Waals surface area contributed by atoms with Crippen LogP contribution in [0.2, 0.25) is 0 Å². The second-order valence-electron chi connectivity index (χ2n) is 5.40. The van der Waals surface area contributed by atoms with Crippen molar-refractivity contribution in [2.45, 2.75) is 51.6 Å². The number of hydrogen-bond donors (Lipinski definition) is 1. The third kappa shape index (κ3) is 8.35. The van der Waals surface area contributed by atoms with Crippen LogP contribution in [-0.2, 0) is 14.3 Å². The van der Waals surface area contributed by atoms with Crippen molar-refractivity contribution in [1.29, 1.82) is 0 Å². The number of carbonyl (C=O) groups is 2. The van der Waals surface area contributed by atoms with E-state index in [1.807, 2.05) is 0 Å². The summed E-state index contributed by atoms with van der Waals surface area (Å²) >= 11 is 0. The fraction of sp³-hybridized carbons (Fsp3) is 0.556. The van der Waals surface area contributed by atoms with E-state index in [-0.39, 0.29) is 25.4 Å². The molecule has 0 bridgehead atoms. The Hall–Kier alpha value is -1.88. The summed E-state index contributed by atoms with van der Waals surface area (Å²) < 4.78 is 10.3. The highest BCUT2D eigenvalue weighted by Gasteiger charge is 2.17. The largest absolute Gasteiger partial charge is 0.466 e. The minimum atomic E-state index is -0.699. The number of esters is 2. The number of aliphatic hydroxyl groups is 1. The van der Waals surface area contributed by atoms with E-state index >= 15 is 0 Å². The molecule has 0 aliphatic carbocycles. The van der Waals surface area contributed by atoms with Crippen molar-refractivity contribution >= 4 is 11.9 Å². The number of carbonyl (C=O) groups excluding carboxylic acids is 2. The molecule has 0 amide bonds. The number of benzene rings is 1. The van der Waals surface area contributed by atoms with Crippen LogP contribution in [0.3, 0.4) is 0 Å². The molecule has 128 valence electrons. The van der Waals surface area contributed by atoms with Gasteiger partial charge >= 0.3 is 11.9 Å². The molecule has 0 heterocycles. The number of hydrogen-bond acceptors (Lipinski definition) is 5. The molecule has 0 saturated heterocycles. The lowest BCUT2D eigenvalue weighted by Gasteiger charge is -2.15. The van der Waals surface area contributed by atoms with Crippen molar-refractivity contribution in [3.8, 4) is 0 Å². The molecule has 0 aliphatic heterocycles. The van der Waals surface area contributed by atoms with Gasteiger partial charge in [0.2, 0.25) is 0 Å². The van der Waals surface area contributed by atoms with Gasteiger partial charge in [0.25, 0.3) is 0 Å². The van der Waals surface area contributed by atoms with Crippen LogP contribution in [0.25, 0.3) is 0 Å². The first-order valence-electron chi connectivity index (χ1n) is 8.19. The molecule has 1 aromatic rings. The molecule has 1 rings (SSSR count). The first-order chi connectivity index (χ1) is 11.2. The van der Waals surface area contributed by atoms with Gasteiger partial charge in [0.15, 0.2) is 0 Å². The van der Waals surface area contributed by atoms with Crippen LogP contribution < -0.4 is 0 Å². The summed E-state index contributed by atoms with van der Waals surface area (Å²) in [5, 5.41) is 9.28. The Kier molecular flexibility index (Phi) is 9.71. The van der Waals surface area contributed by atoms with Crippen molar-refractivity contribution in [2.24, 2.45) is 0 Å². The molecule has 1 atom stereocenters. The molecule has 0 aliphatic rings. The highest BCUT2D eigenvalue weighted by atomic mass is 16.6. The topological polar surface area (TPSA) is 72.8 Å². The Bertz CT molecular complexity index is 458. The van der Waals surface area contributed by atoms with Crippen molar-refractivity contribution in [3.05, 3.63) is 35.9 Å². The van der Waals surface area contributed by atoms with E-state index in [4.69, 9.17) is 9.47 Å². The summed E-state index contributed by atoms with van der Waals surface area (Å²) in [4.78, 5) is 23.5. The predicted octanol–water partition coefficient (Wildman–Crippen LogP) is 3.11. The lowest BCUT2D eigenvalue weighted by Crippen LogP contribution is -2.23. The molecule has 23 heavy (non-hydrogen) atoms. The summed E-state index contributed by atoms with van der Waals surface area (Å²) in [6.07, 6.45) is 3.88. The smallest absolute Gasteiger partial charge is 0.338 e. The number of rotatable bonds is 11. The Labute approximate surface area is 137 Å². The molecule has 1 N–H and O–H groups in total. The second kappa shape index (κ2) is 11.7. The lowest BCUT2D eigenvalue weighted by atomic mass is 10.2. The van der Waals surface area contributed by atoms with Gasteiger partial charge in [-0.05, 0) is 25.0 Å². The average molecular weight is 322 g/mol. The summed E-state index contributed by atoms with van der Waals surface area (Å²) in [5.74, 6) is -0.826. The normalized spacial score (nSPS) is 11.7. The van der Waals surface area contributed by atoms with E-state index in [1.165, 1.54) is 0 Å². The van der Waals surface area contributed by atoms with Crippen LogP contribution in [0.4, 0.5) is 0 Å². The lowest BCUT2D eigenvalue weighted by molar-refractivity contribution is -0.144. The maximum atomic E-state index is 11.9. The molecule has 5 heteroatoms. The zero-order chi connectivity index (χ0) is 16.9. The quantitative estimate of drug-likeness (QED) is 0.500. The van der Waals surface area contributed by atoms with Gasteiger partial charge in [0.1, 0.15) is 6.10 Å².